The Morgan fingerprint density at radius 3 is 2.44 bits per heavy atom. The average molecular weight is 253 g/mol. The third-order valence-corrected chi connectivity index (χ3v) is 2.16. The van der Waals surface area contributed by atoms with Crippen molar-refractivity contribution < 1.29 is 19.4 Å². The van der Waals surface area contributed by atoms with Gasteiger partial charge in [-0.15, -0.1) is 0 Å². The fraction of sp³-hybridized carbons (Fsp3) is 0.455. The van der Waals surface area contributed by atoms with E-state index in [2.05, 4.69) is 14.7 Å². The van der Waals surface area contributed by atoms with E-state index in [-0.39, 0.29) is 18.1 Å². The minimum atomic E-state index is -0.955. The summed E-state index contributed by atoms with van der Waals surface area (Å²) < 4.78 is 4.52. The molecule has 0 bridgehead atoms. The first-order valence-corrected chi connectivity index (χ1v) is 5.45. The summed E-state index contributed by atoms with van der Waals surface area (Å²) in [4.78, 5) is 31.4. The smallest absolute Gasteiger partial charge is 0.341 e. The fourth-order valence-electron chi connectivity index (χ4n) is 1.39. The highest BCUT2D eigenvalue weighted by atomic mass is 16.5. The Morgan fingerprint density at radius 2 is 2.00 bits per heavy atom. The summed E-state index contributed by atoms with van der Waals surface area (Å²) in [5, 5.41) is 8.78. The Balaban J connectivity index is 2.86. The first-order valence-electron chi connectivity index (χ1n) is 5.45. The van der Waals surface area contributed by atoms with E-state index in [0.717, 1.165) is 6.42 Å². The largest absolute Gasteiger partial charge is 0.480 e. The molecular formula is C11H15N3O4. The van der Waals surface area contributed by atoms with Crippen LogP contribution in [0.4, 0.5) is 5.95 Å². The topological polar surface area (TPSA) is 92.6 Å². The van der Waals surface area contributed by atoms with Crippen LogP contribution in [-0.4, -0.2) is 47.2 Å². The number of carboxylic acid groups (broad SMARTS) is 1. The number of methoxy groups -OCH3 is 1. The number of ether oxygens (including phenoxy) is 1. The maximum atomic E-state index is 11.2. The molecule has 0 spiro atoms. The average Bonchev–Trinajstić information content (AvgIpc) is 2.37. The predicted octanol–water partition coefficient (Wildman–Crippen LogP) is 0.564. The van der Waals surface area contributed by atoms with E-state index in [4.69, 9.17) is 5.11 Å². The molecule has 0 saturated carbocycles. The molecule has 18 heavy (non-hydrogen) atoms. The molecule has 0 aromatic carbocycles. The van der Waals surface area contributed by atoms with E-state index in [1.54, 1.807) is 0 Å². The second kappa shape index (κ2) is 6.53. The molecule has 0 aliphatic heterocycles. The van der Waals surface area contributed by atoms with E-state index < -0.39 is 11.9 Å². The van der Waals surface area contributed by atoms with Crippen molar-refractivity contribution in [2.24, 2.45) is 0 Å². The molecule has 1 N–H and O–H groups in total. The molecule has 0 amide bonds. The van der Waals surface area contributed by atoms with Crippen molar-refractivity contribution in [3.8, 4) is 0 Å². The lowest BCUT2D eigenvalue weighted by Gasteiger charge is -2.19. The zero-order chi connectivity index (χ0) is 13.5. The van der Waals surface area contributed by atoms with Gasteiger partial charge in [-0.3, -0.25) is 4.79 Å². The van der Waals surface area contributed by atoms with Gasteiger partial charge in [-0.2, -0.15) is 0 Å². The normalized spacial score (nSPS) is 9.89. The summed E-state index contributed by atoms with van der Waals surface area (Å²) in [5.41, 5.74) is 0.230. The van der Waals surface area contributed by atoms with Gasteiger partial charge >= 0.3 is 11.9 Å². The highest BCUT2D eigenvalue weighted by Crippen LogP contribution is 2.08. The van der Waals surface area contributed by atoms with Crippen LogP contribution in [-0.2, 0) is 9.53 Å². The molecule has 1 aromatic heterocycles. The molecule has 1 heterocycles. The molecule has 0 radical (unpaired) electrons. The number of hydrogen-bond donors (Lipinski definition) is 1. The number of carboxylic acids is 1. The Hall–Kier alpha value is -2.18. The molecular weight excluding hydrogens is 238 g/mol. The standard InChI is InChI=1S/C11H15N3O4/c1-3-4-14(7-9(15)16)11-12-5-8(6-13-11)10(17)18-2/h5-6H,3-4,7H2,1-2H3,(H,15,16). The van der Waals surface area contributed by atoms with E-state index in [1.165, 1.54) is 24.4 Å². The third-order valence-electron chi connectivity index (χ3n) is 2.16. The summed E-state index contributed by atoms with van der Waals surface area (Å²) in [6, 6.07) is 0. The predicted molar refractivity (Wildman–Crippen MR) is 63.5 cm³/mol. The van der Waals surface area contributed by atoms with Gasteiger partial charge in [-0.05, 0) is 6.42 Å². The van der Waals surface area contributed by atoms with Crippen LogP contribution < -0.4 is 4.90 Å². The van der Waals surface area contributed by atoms with Gasteiger partial charge < -0.3 is 14.7 Å². The highest BCUT2D eigenvalue weighted by Gasteiger charge is 2.13. The van der Waals surface area contributed by atoms with Crippen molar-refractivity contribution in [2.75, 3.05) is 25.1 Å². The Kier molecular flexibility index (Phi) is 5.04. The minimum Gasteiger partial charge on any atom is -0.480 e. The third kappa shape index (κ3) is 3.69. The van der Waals surface area contributed by atoms with Crippen LogP contribution in [0.15, 0.2) is 12.4 Å². The molecule has 1 aromatic rings. The van der Waals surface area contributed by atoms with Crippen LogP contribution in [0.1, 0.15) is 23.7 Å². The van der Waals surface area contributed by atoms with Gasteiger partial charge in [-0.25, -0.2) is 14.8 Å². The lowest BCUT2D eigenvalue weighted by Crippen LogP contribution is -2.31. The Morgan fingerprint density at radius 1 is 1.39 bits per heavy atom. The van der Waals surface area contributed by atoms with Gasteiger partial charge in [0.15, 0.2) is 0 Å². The summed E-state index contributed by atoms with van der Waals surface area (Å²) in [6.07, 6.45) is 3.41. The van der Waals surface area contributed by atoms with Crippen LogP contribution in [0.3, 0.4) is 0 Å². The Bertz CT molecular complexity index is 419. The van der Waals surface area contributed by atoms with Crippen LogP contribution >= 0.6 is 0 Å². The van der Waals surface area contributed by atoms with Crippen molar-refractivity contribution >= 4 is 17.9 Å². The number of anilines is 1. The van der Waals surface area contributed by atoms with Crippen LogP contribution in [0, 0.1) is 0 Å². The van der Waals surface area contributed by atoms with Gasteiger partial charge in [-0.1, -0.05) is 6.92 Å². The molecule has 0 aliphatic rings. The minimum absolute atomic E-state index is 0.175. The zero-order valence-electron chi connectivity index (χ0n) is 10.3. The molecule has 0 atom stereocenters. The maximum Gasteiger partial charge on any atom is 0.341 e. The van der Waals surface area contributed by atoms with Crippen molar-refractivity contribution in [1.82, 2.24) is 9.97 Å². The van der Waals surface area contributed by atoms with E-state index in [9.17, 15) is 9.59 Å². The van der Waals surface area contributed by atoms with Crippen LogP contribution in [0.5, 0.6) is 0 Å². The monoisotopic (exact) mass is 253 g/mol. The summed E-state index contributed by atoms with van der Waals surface area (Å²) in [5.74, 6) is -1.20. The summed E-state index contributed by atoms with van der Waals surface area (Å²) in [7, 11) is 1.27. The SMILES string of the molecule is CCCN(CC(=O)O)c1ncc(C(=O)OC)cn1. The number of hydrogen-bond acceptors (Lipinski definition) is 6. The number of rotatable bonds is 6. The molecule has 7 heteroatoms. The number of nitrogens with zero attached hydrogens (tertiary/aromatic N) is 3. The van der Waals surface area contributed by atoms with Gasteiger partial charge in [0.05, 0.1) is 12.7 Å². The first-order chi connectivity index (χ1) is 8.58. The molecule has 0 unspecified atom stereocenters. The van der Waals surface area contributed by atoms with Crippen molar-refractivity contribution in [3.05, 3.63) is 18.0 Å². The molecule has 0 fully saturated rings. The maximum absolute atomic E-state index is 11.2. The lowest BCUT2D eigenvalue weighted by atomic mass is 10.3. The molecule has 1 rings (SSSR count). The van der Waals surface area contributed by atoms with E-state index in [0.29, 0.717) is 6.54 Å². The molecule has 98 valence electrons. The molecule has 7 nitrogen and oxygen atoms in total. The van der Waals surface area contributed by atoms with Crippen molar-refractivity contribution in [2.45, 2.75) is 13.3 Å². The number of aromatic nitrogens is 2. The summed E-state index contributed by atoms with van der Waals surface area (Å²) >= 11 is 0. The summed E-state index contributed by atoms with van der Waals surface area (Å²) in [6.45, 7) is 2.28. The van der Waals surface area contributed by atoms with Crippen LogP contribution in [0.25, 0.3) is 0 Å². The number of esters is 1. The van der Waals surface area contributed by atoms with E-state index in [1.807, 2.05) is 6.92 Å². The second-order valence-corrected chi connectivity index (χ2v) is 3.58. The van der Waals surface area contributed by atoms with Gasteiger partial charge in [0.1, 0.15) is 6.54 Å². The van der Waals surface area contributed by atoms with Gasteiger partial charge in [0.2, 0.25) is 5.95 Å². The number of carbonyl (C=O) groups excluding carboxylic acids is 1. The highest BCUT2D eigenvalue weighted by molar-refractivity contribution is 5.88. The fourth-order valence-corrected chi connectivity index (χ4v) is 1.39. The first kappa shape index (κ1) is 13.9. The number of carbonyl (C=O) groups is 2. The lowest BCUT2D eigenvalue weighted by molar-refractivity contribution is -0.135. The quantitative estimate of drug-likeness (QED) is 0.740. The Labute approximate surface area is 104 Å². The van der Waals surface area contributed by atoms with Crippen molar-refractivity contribution in [3.63, 3.8) is 0 Å². The van der Waals surface area contributed by atoms with Crippen molar-refractivity contribution in [1.29, 1.82) is 0 Å². The number of aliphatic carboxylic acids is 1. The molecule has 0 saturated heterocycles. The second-order valence-electron chi connectivity index (χ2n) is 3.58. The van der Waals surface area contributed by atoms with Crippen LogP contribution in [0.2, 0.25) is 0 Å². The zero-order valence-corrected chi connectivity index (χ0v) is 10.3. The van der Waals surface area contributed by atoms with Gasteiger partial charge in [0, 0.05) is 18.9 Å². The van der Waals surface area contributed by atoms with E-state index >= 15 is 0 Å². The van der Waals surface area contributed by atoms with Gasteiger partial charge in [0.25, 0.3) is 0 Å². The molecule has 0 aliphatic carbocycles.